The van der Waals surface area contributed by atoms with Gasteiger partial charge >= 0.3 is 0 Å². The van der Waals surface area contributed by atoms with Gasteiger partial charge in [-0.2, -0.15) is 0 Å². The number of likely N-dealkylation sites (N-methyl/N-ethyl adjacent to an activating group) is 1. The van der Waals surface area contributed by atoms with Crippen LogP contribution in [-0.4, -0.2) is 48.0 Å². The molecule has 4 N–H and O–H groups in total. The molecule has 1 aliphatic heterocycles. The fraction of sp³-hybridized carbons (Fsp3) is 0.476. The number of amides is 1. The summed E-state index contributed by atoms with van der Waals surface area (Å²) in [7, 11) is 2.20. The second-order valence-electron chi connectivity index (χ2n) is 8.12. The molecule has 4 rings (SSSR count). The van der Waals surface area contributed by atoms with Gasteiger partial charge < -0.3 is 16.0 Å². The van der Waals surface area contributed by atoms with Gasteiger partial charge in [-0.15, -0.1) is 0 Å². The van der Waals surface area contributed by atoms with Gasteiger partial charge in [0.15, 0.2) is 0 Å². The van der Waals surface area contributed by atoms with Crippen molar-refractivity contribution in [3.63, 3.8) is 0 Å². The Kier molecular flexibility index (Phi) is 4.37. The van der Waals surface area contributed by atoms with Gasteiger partial charge in [0, 0.05) is 42.1 Å². The minimum atomic E-state index is -0.275. The maximum atomic E-state index is 11.7. The Morgan fingerprint density at radius 1 is 1.42 bits per heavy atom. The van der Waals surface area contributed by atoms with Crippen molar-refractivity contribution >= 4 is 22.4 Å². The average molecular weight is 352 g/mol. The summed E-state index contributed by atoms with van der Waals surface area (Å²) in [5, 5.41) is 4.76. The monoisotopic (exact) mass is 352 g/mol. The van der Waals surface area contributed by atoms with Gasteiger partial charge in [-0.1, -0.05) is 32.1 Å². The molecule has 0 bridgehead atoms. The molecule has 5 heteroatoms. The molecule has 3 atom stereocenters. The summed E-state index contributed by atoms with van der Waals surface area (Å²) in [6, 6.07) is 6.67. The number of nitrogens with one attached hydrogen (secondary N) is 2. The molecule has 5 nitrogen and oxygen atoms in total. The topological polar surface area (TPSA) is 74.2 Å². The lowest BCUT2D eigenvalue weighted by Gasteiger charge is -2.40. The number of aromatic amines is 1. The lowest BCUT2D eigenvalue weighted by atomic mass is 9.80. The molecule has 2 aromatic rings. The second-order valence-corrected chi connectivity index (χ2v) is 8.12. The highest BCUT2D eigenvalue weighted by atomic mass is 16.1. The molecule has 1 amide bonds. The molecule has 1 aromatic carbocycles. The van der Waals surface area contributed by atoms with Crippen LogP contribution in [-0.2, 0) is 11.2 Å². The van der Waals surface area contributed by atoms with E-state index in [0.717, 1.165) is 19.5 Å². The third kappa shape index (κ3) is 2.85. The zero-order chi connectivity index (χ0) is 18.4. The van der Waals surface area contributed by atoms with Crippen LogP contribution >= 0.6 is 0 Å². The lowest BCUT2D eigenvalue weighted by molar-refractivity contribution is -0.121. The van der Waals surface area contributed by atoms with E-state index in [9.17, 15) is 4.79 Å². The highest BCUT2D eigenvalue weighted by Gasteiger charge is 2.33. The number of fused-ring (bicyclic) bond motifs is 2. The summed E-state index contributed by atoms with van der Waals surface area (Å²) >= 11 is 0. The highest BCUT2D eigenvalue weighted by molar-refractivity contribution is 5.98. The van der Waals surface area contributed by atoms with Gasteiger partial charge in [0.25, 0.3) is 0 Å². The molecule has 0 spiro atoms. The number of rotatable bonds is 5. The molecule has 1 aliphatic carbocycles. The Morgan fingerprint density at radius 2 is 2.23 bits per heavy atom. The molecule has 138 valence electrons. The molecule has 0 fully saturated rings. The van der Waals surface area contributed by atoms with Crippen molar-refractivity contribution in [1.29, 1.82) is 0 Å². The maximum Gasteiger partial charge on any atom is 0.234 e. The quantitative estimate of drug-likeness (QED) is 0.772. The zero-order valence-corrected chi connectivity index (χ0v) is 15.8. The van der Waals surface area contributed by atoms with Crippen LogP contribution in [0.25, 0.3) is 16.5 Å². The molecular formula is C21H28N4O. The first-order chi connectivity index (χ1) is 12.5. The van der Waals surface area contributed by atoms with Crippen molar-refractivity contribution in [3.8, 4) is 0 Å². The van der Waals surface area contributed by atoms with E-state index in [2.05, 4.69) is 52.7 Å². The first-order valence-electron chi connectivity index (χ1n) is 9.49. The van der Waals surface area contributed by atoms with Crippen molar-refractivity contribution in [1.82, 2.24) is 15.2 Å². The Morgan fingerprint density at radius 3 is 2.96 bits per heavy atom. The Hall–Kier alpha value is -2.11. The van der Waals surface area contributed by atoms with Gasteiger partial charge in [-0.25, -0.2) is 0 Å². The van der Waals surface area contributed by atoms with E-state index in [4.69, 9.17) is 5.73 Å². The van der Waals surface area contributed by atoms with Crippen LogP contribution in [0.1, 0.15) is 25.0 Å². The van der Waals surface area contributed by atoms with Crippen LogP contribution in [0.5, 0.6) is 0 Å². The van der Waals surface area contributed by atoms with Crippen LogP contribution in [0.15, 0.2) is 30.5 Å². The van der Waals surface area contributed by atoms with Gasteiger partial charge in [-0.3, -0.25) is 9.69 Å². The first kappa shape index (κ1) is 17.3. The summed E-state index contributed by atoms with van der Waals surface area (Å²) in [5.74, 6) is 0.289. The Balaban J connectivity index is 1.63. The van der Waals surface area contributed by atoms with E-state index >= 15 is 0 Å². The molecule has 26 heavy (non-hydrogen) atoms. The largest absolute Gasteiger partial charge is 0.368 e. The summed E-state index contributed by atoms with van der Waals surface area (Å²) in [5.41, 5.74) is 10.9. The number of primary amides is 1. The average Bonchev–Trinajstić information content (AvgIpc) is 3.00. The standard InChI is InChI=1S/C21H28N4O/c1-12(2)20(21(22)26)24-9-13-7-16-15-5-4-6-17-19(15)14(10-23-17)8-18(16)25(3)11-13/h4-7,10,12-13,18,20,23-24H,8-9,11H2,1-3H3,(H2,22,26)/t13-,18+,20-/m0/s1. The number of hydrogen-bond donors (Lipinski definition) is 3. The number of nitrogens with two attached hydrogens (primary N) is 1. The van der Waals surface area contributed by atoms with E-state index in [1.54, 1.807) is 0 Å². The fourth-order valence-corrected chi connectivity index (χ4v) is 4.62. The summed E-state index contributed by atoms with van der Waals surface area (Å²) in [4.78, 5) is 17.5. The smallest absolute Gasteiger partial charge is 0.234 e. The predicted octanol–water partition coefficient (Wildman–Crippen LogP) is 2.14. The molecule has 2 heterocycles. The van der Waals surface area contributed by atoms with Crippen molar-refractivity contribution in [2.45, 2.75) is 32.4 Å². The van der Waals surface area contributed by atoms with E-state index in [-0.39, 0.29) is 17.9 Å². The molecule has 2 aliphatic rings. The van der Waals surface area contributed by atoms with Crippen LogP contribution in [0, 0.1) is 11.8 Å². The number of aromatic nitrogens is 1. The van der Waals surface area contributed by atoms with Gasteiger partial charge in [-0.05, 0) is 42.2 Å². The molecule has 0 saturated carbocycles. The lowest BCUT2D eigenvalue weighted by Crippen LogP contribution is -2.49. The molecule has 0 radical (unpaired) electrons. The summed E-state index contributed by atoms with van der Waals surface area (Å²) < 4.78 is 0. The molecular weight excluding hydrogens is 324 g/mol. The Bertz CT molecular complexity index is 866. The van der Waals surface area contributed by atoms with Crippen LogP contribution in [0.3, 0.4) is 0 Å². The second kappa shape index (κ2) is 6.56. The Labute approximate surface area is 154 Å². The molecule has 0 saturated heterocycles. The number of benzene rings is 1. The first-order valence-corrected chi connectivity index (χ1v) is 9.49. The normalized spacial score (nSPS) is 23.8. The minimum Gasteiger partial charge on any atom is -0.368 e. The predicted molar refractivity (Wildman–Crippen MR) is 106 cm³/mol. The molecule has 0 unspecified atom stereocenters. The highest BCUT2D eigenvalue weighted by Crippen LogP contribution is 2.40. The maximum absolute atomic E-state index is 11.7. The SMILES string of the molecule is CC(C)[C@H](NC[C@@H]1C=C2c3cccc4[nH]cc(c34)C[C@H]2N(C)C1)C(N)=O. The third-order valence-electron chi connectivity index (χ3n) is 5.91. The number of carbonyl (C=O) groups excluding carboxylic acids is 1. The van der Waals surface area contributed by atoms with Crippen molar-refractivity contribution in [3.05, 3.63) is 41.6 Å². The zero-order valence-electron chi connectivity index (χ0n) is 15.8. The summed E-state index contributed by atoms with van der Waals surface area (Å²) in [6.07, 6.45) is 5.63. The molecule has 1 aromatic heterocycles. The van der Waals surface area contributed by atoms with Crippen LogP contribution in [0.4, 0.5) is 0 Å². The van der Waals surface area contributed by atoms with E-state index in [1.165, 1.54) is 27.6 Å². The van der Waals surface area contributed by atoms with Crippen LogP contribution < -0.4 is 11.1 Å². The van der Waals surface area contributed by atoms with Gasteiger partial charge in [0.05, 0.1) is 6.04 Å². The fourth-order valence-electron chi connectivity index (χ4n) is 4.62. The van der Waals surface area contributed by atoms with E-state index < -0.39 is 0 Å². The minimum absolute atomic E-state index is 0.195. The van der Waals surface area contributed by atoms with Crippen LogP contribution in [0.2, 0.25) is 0 Å². The number of H-pyrrole nitrogens is 1. The number of nitrogens with zero attached hydrogens (tertiary/aromatic N) is 1. The van der Waals surface area contributed by atoms with Gasteiger partial charge in [0.2, 0.25) is 5.91 Å². The number of hydrogen-bond acceptors (Lipinski definition) is 3. The van der Waals surface area contributed by atoms with Crippen molar-refractivity contribution in [2.24, 2.45) is 17.6 Å². The third-order valence-corrected chi connectivity index (χ3v) is 5.91. The van der Waals surface area contributed by atoms with E-state index in [0.29, 0.717) is 12.0 Å². The number of carbonyl (C=O) groups is 1. The van der Waals surface area contributed by atoms with Crippen molar-refractivity contribution < 1.29 is 4.79 Å². The summed E-state index contributed by atoms with van der Waals surface area (Å²) in [6.45, 7) is 5.81. The van der Waals surface area contributed by atoms with Gasteiger partial charge in [0.1, 0.15) is 0 Å². The van der Waals surface area contributed by atoms with E-state index in [1.807, 2.05) is 13.8 Å². The van der Waals surface area contributed by atoms with Crippen molar-refractivity contribution in [2.75, 3.05) is 20.1 Å².